The van der Waals surface area contributed by atoms with E-state index in [-0.39, 0.29) is 35.7 Å². The van der Waals surface area contributed by atoms with Crippen LogP contribution >= 0.6 is 0 Å². The van der Waals surface area contributed by atoms with Crippen molar-refractivity contribution in [3.63, 3.8) is 0 Å². The van der Waals surface area contributed by atoms with Gasteiger partial charge in [0.2, 0.25) is 5.91 Å². The number of aliphatic hydroxyl groups excluding tert-OH is 1. The molecule has 2 saturated heterocycles. The molecule has 2 heterocycles. The molecule has 0 saturated carbocycles. The molecule has 2 fully saturated rings. The normalized spacial score (nSPS) is 25.5. The zero-order valence-corrected chi connectivity index (χ0v) is 11.6. The maximum Gasteiger partial charge on any atom is 0.220 e. The van der Waals surface area contributed by atoms with E-state index >= 15 is 0 Å². The highest BCUT2D eigenvalue weighted by Gasteiger charge is 2.35. The molecule has 4 nitrogen and oxygen atoms in total. The summed E-state index contributed by atoms with van der Waals surface area (Å²) in [6.07, 6.45) is 1.92. The van der Waals surface area contributed by atoms with E-state index in [0.29, 0.717) is 25.9 Å². The molecule has 1 aromatic rings. The van der Waals surface area contributed by atoms with Crippen LogP contribution in [0.1, 0.15) is 24.8 Å². The van der Waals surface area contributed by atoms with Gasteiger partial charge in [0.25, 0.3) is 0 Å². The Kier molecular flexibility index (Phi) is 3.80. The Labute approximate surface area is 121 Å². The Hall–Kier alpha value is -1.69. The molecule has 1 amide bonds. The van der Waals surface area contributed by atoms with Crippen LogP contribution in [0.25, 0.3) is 0 Å². The number of aliphatic hydroxyl groups is 1. The van der Waals surface area contributed by atoms with E-state index in [1.807, 2.05) is 0 Å². The van der Waals surface area contributed by atoms with Crippen molar-refractivity contribution in [3.05, 3.63) is 29.3 Å². The van der Waals surface area contributed by atoms with Gasteiger partial charge in [0.05, 0.1) is 6.61 Å². The number of nitrogens with zero attached hydrogens (tertiary/aromatic N) is 1. The molecule has 2 unspecified atom stereocenters. The van der Waals surface area contributed by atoms with Crippen LogP contribution in [0.15, 0.2) is 12.1 Å². The Bertz CT molecular complexity index is 542. The van der Waals surface area contributed by atoms with Crippen LogP contribution in [-0.2, 0) is 11.4 Å². The van der Waals surface area contributed by atoms with Gasteiger partial charge in [0.1, 0.15) is 17.3 Å². The fourth-order valence-corrected chi connectivity index (χ4v) is 3.32. The molecule has 0 spiro atoms. The summed E-state index contributed by atoms with van der Waals surface area (Å²) >= 11 is 0. The van der Waals surface area contributed by atoms with Crippen LogP contribution in [0.3, 0.4) is 0 Å². The second kappa shape index (κ2) is 5.60. The quantitative estimate of drug-likeness (QED) is 0.871. The van der Waals surface area contributed by atoms with E-state index in [4.69, 9.17) is 5.11 Å². The molecule has 2 atom stereocenters. The minimum atomic E-state index is -0.641. The lowest BCUT2D eigenvalue weighted by Crippen LogP contribution is -2.54. The number of rotatable bonds is 2. The second-order valence-electron chi connectivity index (χ2n) is 5.77. The van der Waals surface area contributed by atoms with Crippen molar-refractivity contribution < 1.29 is 18.7 Å². The molecule has 2 aliphatic heterocycles. The molecule has 3 rings (SSSR count). The SMILES string of the molecule is O=C1CCC2CN(c3c(F)cc(CO)cc3F)CCC2N1. The first kappa shape index (κ1) is 14.3. The molecular formula is C15H18F2N2O2. The Morgan fingerprint density at radius 1 is 1.29 bits per heavy atom. The van der Waals surface area contributed by atoms with Gasteiger partial charge in [-0.05, 0) is 36.5 Å². The molecule has 114 valence electrons. The van der Waals surface area contributed by atoms with E-state index in [1.54, 1.807) is 4.90 Å². The predicted octanol–water partition coefficient (Wildman–Crippen LogP) is 1.56. The highest BCUT2D eigenvalue weighted by atomic mass is 19.1. The number of amides is 1. The fraction of sp³-hybridized carbons (Fsp3) is 0.533. The summed E-state index contributed by atoms with van der Waals surface area (Å²) < 4.78 is 28.2. The number of halogens is 2. The first-order valence-corrected chi connectivity index (χ1v) is 7.21. The first-order valence-electron chi connectivity index (χ1n) is 7.21. The number of fused-ring (bicyclic) bond motifs is 1. The molecule has 0 aromatic heterocycles. The summed E-state index contributed by atoms with van der Waals surface area (Å²) in [5, 5.41) is 11.9. The summed E-state index contributed by atoms with van der Waals surface area (Å²) in [6.45, 7) is 0.663. The van der Waals surface area contributed by atoms with Crippen molar-refractivity contribution in [1.82, 2.24) is 5.32 Å². The molecule has 2 aliphatic rings. The van der Waals surface area contributed by atoms with E-state index in [1.165, 1.54) is 12.1 Å². The largest absolute Gasteiger partial charge is 0.392 e. The summed E-state index contributed by atoms with van der Waals surface area (Å²) in [4.78, 5) is 13.1. The minimum absolute atomic E-state index is 0.0254. The fourth-order valence-electron chi connectivity index (χ4n) is 3.32. The highest BCUT2D eigenvalue weighted by Crippen LogP contribution is 2.32. The average molecular weight is 296 g/mol. The number of carbonyl (C=O) groups is 1. The Morgan fingerprint density at radius 3 is 2.67 bits per heavy atom. The smallest absolute Gasteiger partial charge is 0.220 e. The number of piperidine rings is 2. The van der Waals surface area contributed by atoms with Gasteiger partial charge in [0, 0.05) is 25.6 Å². The minimum Gasteiger partial charge on any atom is -0.392 e. The third-order valence-electron chi connectivity index (χ3n) is 4.40. The number of nitrogens with one attached hydrogen (secondary N) is 1. The number of hydrogen-bond acceptors (Lipinski definition) is 3. The zero-order valence-electron chi connectivity index (χ0n) is 11.6. The summed E-state index contributed by atoms with van der Waals surface area (Å²) in [6, 6.07) is 2.46. The van der Waals surface area contributed by atoms with Crippen LogP contribution in [0.2, 0.25) is 0 Å². The first-order chi connectivity index (χ1) is 10.1. The van der Waals surface area contributed by atoms with E-state index < -0.39 is 11.6 Å². The van der Waals surface area contributed by atoms with Gasteiger partial charge in [-0.15, -0.1) is 0 Å². The van der Waals surface area contributed by atoms with E-state index in [0.717, 1.165) is 6.42 Å². The van der Waals surface area contributed by atoms with E-state index in [2.05, 4.69) is 5.32 Å². The predicted molar refractivity (Wildman–Crippen MR) is 73.8 cm³/mol. The molecule has 0 bridgehead atoms. The van der Waals surface area contributed by atoms with Gasteiger partial charge in [0.15, 0.2) is 0 Å². The molecule has 0 aliphatic carbocycles. The summed E-state index contributed by atoms with van der Waals surface area (Å²) in [5.74, 6) is -0.989. The Morgan fingerprint density at radius 2 is 2.00 bits per heavy atom. The number of carbonyl (C=O) groups excluding carboxylic acids is 1. The lowest BCUT2D eigenvalue weighted by atomic mass is 9.85. The van der Waals surface area contributed by atoms with Gasteiger partial charge in [-0.3, -0.25) is 4.79 Å². The van der Waals surface area contributed by atoms with Crippen LogP contribution in [-0.4, -0.2) is 30.1 Å². The number of benzene rings is 1. The Balaban J connectivity index is 1.81. The third kappa shape index (κ3) is 2.72. The van der Waals surface area contributed by atoms with Crippen molar-refractivity contribution in [2.24, 2.45) is 5.92 Å². The maximum absolute atomic E-state index is 14.1. The third-order valence-corrected chi connectivity index (χ3v) is 4.40. The van der Waals surface area contributed by atoms with Crippen molar-refractivity contribution >= 4 is 11.6 Å². The van der Waals surface area contributed by atoms with Crippen molar-refractivity contribution in [2.75, 3.05) is 18.0 Å². The molecular weight excluding hydrogens is 278 g/mol. The molecule has 0 radical (unpaired) electrons. The molecule has 2 N–H and O–H groups in total. The highest BCUT2D eigenvalue weighted by molar-refractivity contribution is 5.77. The van der Waals surface area contributed by atoms with Gasteiger partial charge in [-0.2, -0.15) is 0 Å². The van der Waals surface area contributed by atoms with Crippen LogP contribution < -0.4 is 10.2 Å². The molecule has 1 aromatic carbocycles. The molecule has 6 heteroatoms. The van der Waals surface area contributed by atoms with Crippen LogP contribution in [0.5, 0.6) is 0 Å². The van der Waals surface area contributed by atoms with Gasteiger partial charge in [-0.1, -0.05) is 0 Å². The average Bonchev–Trinajstić information content (AvgIpc) is 2.46. The zero-order chi connectivity index (χ0) is 15.0. The lowest BCUT2D eigenvalue weighted by molar-refractivity contribution is -0.124. The number of anilines is 1. The summed E-state index contributed by atoms with van der Waals surface area (Å²) in [7, 11) is 0. The topological polar surface area (TPSA) is 52.6 Å². The van der Waals surface area contributed by atoms with Crippen molar-refractivity contribution in [3.8, 4) is 0 Å². The number of hydrogen-bond donors (Lipinski definition) is 2. The maximum atomic E-state index is 14.1. The summed E-state index contributed by atoms with van der Waals surface area (Å²) in [5.41, 5.74) is 0.205. The van der Waals surface area contributed by atoms with Crippen molar-refractivity contribution in [2.45, 2.75) is 31.9 Å². The van der Waals surface area contributed by atoms with Crippen molar-refractivity contribution in [1.29, 1.82) is 0 Å². The lowest BCUT2D eigenvalue weighted by Gasteiger charge is -2.42. The monoisotopic (exact) mass is 296 g/mol. The standard InChI is InChI=1S/C15H18F2N2O2/c16-11-5-9(8-20)6-12(17)15(11)19-4-3-13-10(7-19)1-2-14(21)18-13/h5-6,10,13,20H,1-4,7-8H2,(H,18,21). The van der Waals surface area contributed by atoms with Crippen LogP contribution in [0, 0.1) is 17.6 Å². The van der Waals surface area contributed by atoms with E-state index in [9.17, 15) is 13.6 Å². The second-order valence-corrected chi connectivity index (χ2v) is 5.77. The van der Waals surface area contributed by atoms with Gasteiger partial charge >= 0.3 is 0 Å². The van der Waals surface area contributed by atoms with Crippen LogP contribution in [0.4, 0.5) is 14.5 Å². The van der Waals surface area contributed by atoms with Gasteiger partial charge < -0.3 is 15.3 Å². The molecule has 21 heavy (non-hydrogen) atoms. The van der Waals surface area contributed by atoms with Gasteiger partial charge in [-0.25, -0.2) is 8.78 Å².